The molecule has 0 aliphatic carbocycles. The molecular weight excluding hydrogens is 184 g/mol. The highest BCUT2D eigenvalue weighted by molar-refractivity contribution is 5.87. The summed E-state index contributed by atoms with van der Waals surface area (Å²) in [5, 5.41) is 8.37. The molecule has 1 fully saturated rings. The number of cyclic esters (lactones) is 1. The van der Waals surface area contributed by atoms with Crippen LogP contribution in [0.2, 0.25) is 0 Å². The minimum atomic E-state index is -0.720. The van der Waals surface area contributed by atoms with Gasteiger partial charge in [0.1, 0.15) is 0 Å². The zero-order valence-electron chi connectivity index (χ0n) is 8.20. The number of carbonyl (C=O) groups excluding carboxylic acids is 1. The van der Waals surface area contributed by atoms with E-state index in [1.54, 1.807) is 0 Å². The Labute approximate surface area is 83.2 Å². The number of ether oxygens (including phenoxy) is 1. The zero-order chi connectivity index (χ0) is 10.4. The van der Waals surface area contributed by atoms with Crippen molar-refractivity contribution in [3.05, 3.63) is 0 Å². The van der Waals surface area contributed by atoms with Gasteiger partial charge in [-0.25, -0.2) is 4.79 Å². The summed E-state index contributed by atoms with van der Waals surface area (Å²) in [4.78, 5) is 20.6. The van der Waals surface area contributed by atoms with Crippen molar-refractivity contribution in [2.24, 2.45) is 0 Å². The van der Waals surface area contributed by atoms with Gasteiger partial charge in [-0.1, -0.05) is 19.3 Å². The molecule has 0 saturated carbocycles. The molecule has 0 radical (unpaired) electrons. The molecule has 1 saturated heterocycles. The molecule has 0 spiro atoms. The summed E-state index contributed by atoms with van der Waals surface area (Å²) in [5.41, 5.74) is 0. The first kappa shape index (κ1) is 11.0. The highest BCUT2D eigenvalue weighted by Crippen LogP contribution is 2.19. The SMILES string of the molecule is O=C(O)CCCCCCCC1OC1=O. The Hall–Kier alpha value is -1.06. The van der Waals surface area contributed by atoms with Gasteiger partial charge in [-0.05, 0) is 19.3 Å². The van der Waals surface area contributed by atoms with E-state index in [1.807, 2.05) is 0 Å². The van der Waals surface area contributed by atoms with Gasteiger partial charge in [-0.2, -0.15) is 0 Å². The van der Waals surface area contributed by atoms with E-state index in [0.717, 1.165) is 38.5 Å². The Morgan fingerprint density at radius 2 is 1.79 bits per heavy atom. The second-order valence-corrected chi connectivity index (χ2v) is 3.63. The Kier molecular flexibility index (Phi) is 4.43. The molecule has 1 aliphatic rings. The van der Waals surface area contributed by atoms with Crippen LogP contribution in [0.25, 0.3) is 0 Å². The van der Waals surface area contributed by atoms with Crippen molar-refractivity contribution in [2.45, 2.75) is 51.0 Å². The Morgan fingerprint density at radius 1 is 1.21 bits per heavy atom. The van der Waals surface area contributed by atoms with E-state index in [9.17, 15) is 9.59 Å². The summed E-state index contributed by atoms with van der Waals surface area (Å²) in [6.07, 6.45) is 5.82. The van der Waals surface area contributed by atoms with Crippen LogP contribution in [0, 0.1) is 0 Å². The molecule has 1 N–H and O–H groups in total. The molecule has 14 heavy (non-hydrogen) atoms. The molecular formula is C10H16O4. The number of unbranched alkanes of at least 4 members (excludes halogenated alkanes) is 4. The highest BCUT2D eigenvalue weighted by Gasteiger charge is 2.36. The van der Waals surface area contributed by atoms with E-state index in [4.69, 9.17) is 5.11 Å². The van der Waals surface area contributed by atoms with Crippen LogP contribution in [0.15, 0.2) is 0 Å². The summed E-state index contributed by atoms with van der Waals surface area (Å²) in [6, 6.07) is 0. The van der Waals surface area contributed by atoms with Gasteiger partial charge >= 0.3 is 11.9 Å². The maximum atomic E-state index is 10.4. The average molecular weight is 200 g/mol. The summed E-state index contributed by atoms with van der Waals surface area (Å²) >= 11 is 0. The van der Waals surface area contributed by atoms with E-state index in [-0.39, 0.29) is 18.5 Å². The fourth-order valence-electron chi connectivity index (χ4n) is 1.42. The van der Waals surface area contributed by atoms with Crippen molar-refractivity contribution >= 4 is 11.9 Å². The van der Waals surface area contributed by atoms with E-state index in [2.05, 4.69) is 4.74 Å². The Balaban J connectivity index is 1.76. The van der Waals surface area contributed by atoms with E-state index in [0.29, 0.717) is 0 Å². The number of aliphatic carboxylic acids is 1. The largest absolute Gasteiger partial charge is 0.481 e. The second kappa shape index (κ2) is 5.62. The molecule has 4 nitrogen and oxygen atoms in total. The van der Waals surface area contributed by atoms with Gasteiger partial charge < -0.3 is 9.84 Å². The first-order chi connectivity index (χ1) is 6.70. The monoisotopic (exact) mass is 200 g/mol. The van der Waals surface area contributed by atoms with Crippen LogP contribution in [0.3, 0.4) is 0 Å². The van der Waals surface area contributed by atoms with Crippen molar-refractivity contribution < 1.29 is 19.4 Å². The predicted molar refractivity (Wildman–Crippen MR) is 49.8 cm³/mol. The minimum absolute atomic E-state index is 0.0733. The molecule has 0 aromatic rings. The van der Waals surface area contributed by atoms with Crippen LogP contribution in [0.1, 0.15) is 44.9 Å². The molecule has 0 aromatic heterocycles. The third-order valence-electron chi connectivity index (χ3n) is 2.32. The van der Waals surface area contributed by atoms with E-state index in [1.165, 1.54) is 0 Å². The van der Waals surface area contributed by atoms with Crippen LogP contribution in [0.5, 0.6) is 0 Å². The lowest BCUT2D eigenvalue weighted by Crippen LogP contribution is -1.93. The molecule has 80 valence electrons. The number of carboxylic acids is 1. The molecule has 1 atom stereocenters. The first-order valence-corrected chi connectivity index (χ1v) is 5.12. The van der Waals surface area contributed by atoms with Crippen molar-refractivity contribution in [3.63, 3.8) is 0 Å². The third kappa shape index (κ3) is 4.84. The number of carboxylic acid groups (broad SMARTS) is 1. The molecule has 1 unspecified atom stereocenters. The topological polar surface area (TPSA) is 66.9 Å². The Morgan fingerprint density at radius 3 is 2.36 bits per heavy atom. The molecule has 4 heteroatoms. The van der Waals surface area contributed by atoms with Crippen molar-refractivity contribution in [1.82, 2.24) is 0 Å². The lowest BCUT2D eigenvalue weighted by Gasteiger charge is -1.97. The van der Waals surface area contributed by atoms with Crippen molar-refractivity contribution in [1.29, 1.82) is 0 Å². The summed E-state index contributed by atoms with van der Waals surface area (Å²) in [5.74, 6) is -0.794. The van der Waals surface area contributed by atoms with Gasteiger partial charge in [0.2, 0.25) is 0 Å². The van der Waals surface area contributed by atoms with Crippen LogP contribution in [0.4, 0.5) is 0 Å². The molecule has 0 bridgehead atoms. The van der Waals surface area contributed by atoms with Crippen LogP contribution >= 0.6 is 0 Å². The quantitative estimate of drug-likeness (QED) is 0.478. The average Bonchev–Trinajstić information content (AvgIpc) is 2.80. The first-order valence-electron chi connectivity index (χ1n) is 5.12. The van der Waals surface area contributed by atoms with Crippen LogP contribution < -0.4 is 0 Å². The standard InChI is InChI=1S/C10H16O4/c11-9(12)7-5-3-1-2-4-6-8-10(13)14-8/h8H,1-7H2,(H,11,12). The summed E-state index contributed by atoms with van der Waals surface area (Å²) in [6.45, 7) is 0. The summed E-state index contributed by atoms with van der Waals surface area (Å²) < 4.78 is 4.66. The smallest absolute Gasteiger partial charge is 0.348 e. The lowest BCUT2D eigenvalue weighted by molar-refractivity contribution is -0.137. The van der Waals surface area contributed by atoms with Crippen molar-refractivity contribution in [3.8, 4) is 0 Å². The molecule has 1 heterocycles. The molecule has 0 aromatic carbocycles. The second-order valence-electron chi connectivity index (χ2n) is 3.63. The van der Waals surface area contributed by atoms with Crippen LogP contribution in [-0.4, -0.2) is 23.1 Å². The van der Waals surface area contributed by atoms with Gasteiger partial charge in [0.15, 0.2) is 6.10 Å². The number of epoxide rings is 1. The van der Waals surface area contributed by atoms with Gasteiger partial charge in [-0.3, -0.25) is 4.79 Å². The maximum absolute atomic E-state index is 10.4. The summed E-state index contributed by atoms with van der Waals surface area (Å²) in [7, 11) is 0. The van der Waals surface area contributed by atoms with E-state index < -0.39 is 5.97 Å². The van der Waals surface area contributed by atoms with Gasteiger partial charge in [0.05, 0.1) is 0 Å². The maximum Gasteiger partial charge on any atom is 0.348 e. The van der Waals surface area contributed by atoms with Crippen molar-refractivity contribution in [2.75, 3.05) is 0 Å². The fourth-order valence-corrected chi connectivity index (χ4v) is 1.42. The number of carbonyl (C=O) groups is 2. The van der Waals surface area contributed by atoms with Gasteiger partial charge in [-0.15, -0.1) is 0 Å². The zero-order valence-corrected chi connectivity index (χ0v) is 8.20. The fraction of sp³-hybridized carbons (Fsp3) is 0.800. The highest BCUT2D eigenvalue weighted by atomic mass is 16.6. The molecule has 0 amide bonds. The van der Waals surface area contributed by atoms with Gasteiger partial charge in [0, 0.05) is 6.42 Å². The predicted octanol–water partition coefficient (Wildman–Crippen LogP) is 1.73. The third-order valence-corrected chi connectivity index (χ3v) is 2.32. The number of hydrogen-bond donors (Lipinski definition) is 1. The minimum Gasteiger partial charge on any atom is -0.481 e. The van der Waals surface area contributed by atoms with Gasteiger partial charge in [0.25, 0.3) is 0 Å². The molecule has 1 aliphatic heterocycles. The number of rotatable bonds is 8. The van der Waals surface area contributed by atoms with Crippen LogP contribution in [-0.2, 0) is 14.3 Å². The van der Waals surface area contributed by atoms with E-state index >= 15 is 0 Å². The normalized spacial score (nSPS) is 19.1. The molecule has 1 rings (SSSR count). The lowest BCUT2D eigenvalue weighted by atomic mass is 10.1. The number of hydrogen-bond acceptors (Lipinski definition) is 3. The Bertz CT molecular complexity index is 212.